The highest BCUT2D eigenvalue weighted by atomic mass is 16.2. The van der Waals surface area contributed by atoms with Gasteiger partial charge < -0.3 is 21.3 Å². The molecular formula is C21H24N4O3. The lowest BCUT2D eigenvalue weighted by Gasteiger charge is -2.21. The number of nitrogens with two attached hydrogens (primary N) is 1. The van der Waals surface area contributed by atoms with Crippen LogP contribution in [0.3, 0.4) is 0 Å². The number of rotatable bonds is 5. The van der Waals surface area contributed by atoms with Crippen molar-refractivity contribution in [2.24, 2.45) is 5.73 Å². The number of nitrogens with one attached hydrogen (secondary N) is 2. The number of urea groups is 1. The van der Waals surface area contributed by atoms with E-state index < -0.39 is 12.1 Å². The number of hydrogen-bond donors (Lipinski definition) is 3. The smallest absolute Gasteiger partial charge is 0.315 e. The van der Waals surface area contributed by atoms with E-state index in [1.165, 1.54) is 4.90 Å². The van der Waals surface area contributed by atoms with E-state index in [2.05, 4.69) is 10.6 Å². The summed E-state index contributed by atoms with van der Waals surface area (Å²) in [6.45, 7) is 2.51. The molecule has 1 unspecified atom stereocenters. The molecule has 7 nitrogen and oxygen atoms in total. The molecule has 146 valence electrons. The highest BCUT2D eigenvalue weighted by molar-refractivity contribution is 6.06. The van der Waals surface area contributed by atoms with Crippen molar-refractivity contribution >= 4 is 29.2 Å². The number of carbonyl (C=O) groups is 3. The maximum atomic E-state index is 12.6. The van der Waals surface area contributed by atoms with Crippen molar-refractivity contribution in [1.29, 1.82) is 0 Å². The number of carbonyl (C=O) groups excluding carboxylic acids is 3. The maximum Gasteiger partial charge on any atom is 0.315 e. The van der Waals surface area contributed by atoms with Crippen LogP contribution in [0.15, 0.2) is 48.5 Å². The highest BCUT2D eigenvalue weighted by Crippen LogP contribution is 2.21. The summed E-state index contributed by atoms with van der Waals surface area (Å²) in [7, 11) is 0. The van der Waals surface area contributed by atoms with E-state index in [1.807, 2.05) is 31.2 Å². The minimum atomic E-state index is -0.597. The third-order valence-electron chi connectivity index (χ3n) is 4.88. The van der Waals surface area contributed by atoms with Crippen LogP contribution < -0.4 is 16.4 Å². The van der Waals surface area contributed by atoms with E-state index in [1.54, 1.807) is 24.3 Å². The Morgan fingerprint density at radius 3 is 2.64 bits per heavy atom. The first-order valence-electron chi connectivity index (χ1n) is 9.36. The topological polar surface area (TPSA) is 105 Å². The zero-order valence-corrected chi connectivity index (χ0v) is 15.8. The standard InChI is InChI=1S/C21H24N4O3/c1-2-14-7-3-4-10-17(14)24-19(26)15-8-5-9-16(13-15)23-20(27)18-11-6-12-25(18)21(22)28/h3-5,7-10,13,18H,2,6,11-12H2,1H3,(H2,22,28)(H,23,27)(H,24,26). The third kappa shape index (κ3) is 4.31. The highest BCUT2D eigenvalue weighted by Gasteiger charge is 2.33. The molecule has 1 atom stereocenters. The third-order valence-corrected chi connectivity index (χ3v) is 4.88. The van der Waals surface area contributed by atoms with Crippen molar-refractivity contribution in [3.05, 3.63) is 59.7 Å². The fraction of sp³-hybridized carbons (Fsp3) is 0.286. The van der Waals surface area contributed by atoms with Crippen LogP contribution in [0.2, 0.25) is 0 Å². The van der Waals surface area contributed by atoms with Gasteiger partial charge in [-0.15, -0.1) is 0 Å². The summed E-state index contributed by atoms with van der Waals surface area (Å²) in [6, 6.07) is 13.2. The molecule has 2 aromatic carbocycles. The predicted molar refractivity (Wildman–Crippen MR) is 108 cm³/mol. The van der Waals surface area contributed by atoms with E-state index in [9.17, 15) is 14.4 Å². The molecule has 3 rings (SSSR count). The lowest BCUT2D eigenvalue weighted by molar-refractivity contribution is -0.119. The lowest BCUT2D eigenvalue weighted by Crippen LogP contribution is -2.45. The van der Waals surface area contributed by atoms with Crippen molar-refractivity contribution in [3.63, 3.8) is 0 Å². The van der Waals surface area contributed by atoms with Gasteiger partial charge in [0.05, 0.1) is 0 Å². The summed E-state index contributed by atoms with van der Waals surface area (Å²) in [6.07, 6.45) is 2.12. The molecule has 0 bridgehead atoms. The Labute approximate surface area is 163 Å². The molecule has 1 aliphatic rings. The largest absolute Gasteiger partial charge is 0.351 e. The van der Waals surface area contributed by atoms with Crippen molar-refractivity contribution < 1.29 is 14.4 Å². The number of amides is 4. The zero-order valence-electron chi connectivity index (χ0n) is 15.8. The molecule has 1 saturated heterocycles. The summed E-state index contributed by atoms with van der Waals surface area (Å²) in [5, 5.41) is 5.70. The van der Waals surface area contributed by atoms with Crippen LogP contribution in [0.5, 0.6) is 0 Å². The molecule has 0 radical (unpaired) electrons. The number of para-hydroxylation sites is 1. The summed E-state index contributed by atoms with van der Waals surface area (Å²) in [5.74, 6) is -0.554. The van der Waals surface area contributed by atoms with Gasteiger partial charge in [0.15, 0.2) is 0 Å². The first kappa shape index (κ1) is 19.4. The zero-order chi connectivity index (χ0) is 20.1. The van der Waals surface area contributed by atoms with Gasteiger partial charge in [-0.1, -0.05) is 31.2 Å². The molecule has 4 amide bonds. The molecule has 1 fully saturated rings. The quantitative estimate of drug-likeness (QED) is 0.743. The van der Waals surface area contributed by atoms with Crippen LogP contribution in [0, 0.1) is 0 Å². The molecule has 0 saturated carbocycles. The van der Waals surface area contributed by atoms with Gasteiger partial charge in [-0.25, -0.2) is 4.79 Å². The number of aryl methyl sites for hydroxylation is 1. The van der Waals surface area contributed by atoms with E-state index in [-0.39, 0.29) is 11.8 Å². The maximum absolute atomic E-state index is 12.6. The Bertz CT molecular complexity index is 897. The van der Waals surface area contributed by atoms with Gasteiger partial charge in [0.2, 0.25) is 5.91 Å². The molecule has 7 heteroatoms. The normalized spacial score (nSPS) is 15.9. The predicted octanol–water partition coefficient (Wildman–Crippen LogP) is 2.98. The fourth-order valence-electron chi connectivity index (χ4n) is 3.41. The van der Waals surface area contributed by atoms with E-state index in [0.29, 0.717) is 24.2 Å². The van der Waals surface area contributed by atoms with E-state index in [0.717, 1.165) is 24.1 Å². The average molecular weight is 380 g/mol. The minimum absolute atomic E-state index is 0.253. The second-order valence-corrected chi connectivity index (χ2v) is 6.72. The Hall–Kier alpha value is -3.35. The first-order valence-corrected chi connectivity index (χ1v) is 9.36. The molecule has 2 aromatic rings. The average Bonchev–Trinajstić information content (AvgIpc) is 3.19. The minimum Gasteiger partial charge on any atom is -0.351 e. The fourth-order valence-corrected chi connectivity index (χ4v) is 3.41. The van der Waals surface area contributed by atoms with Crippen molar-refractivity contribution in [1.82, 2.24) is 4.90 Å². The number of primary amides is 1. The Morgan fingerprint density at radius 1 is 1.11 bits per heavy atom. The van der Waals surface area contributed by atoms with Crippen LogP contribution >= 0.6 is 0 Å². The number of anilines is 2. The summed E-state index contributed by atoms with van der Waals surface area (Å²) < 4.78 is 0. The lowest BCUT2D eigenvalue weighted by atomic mass is 10.1. The van der Waals surface area contributed by atoms with Gasteiger partial charge in [0, 0.05) is 23.5 Å². The molecule has 0 aromatic heterocycles. The van der Waals surface area contributed by atoms with E-state index >= 15 is 0 Å². The van der Waals surface area contributed by atoms with Gasteiger partial charge in [-0.05, 0) is 49.1 Å². The van der Waals surface area contributed by atoms with Crippen molar-refractivity contribution in [2.75, 3.05) is 17.2 Å². The van der Waals surface area contributed by atoms with Crippen molar-refractivity contribution in [2.45, 2.75) is 32.2 Å². The molecule has 1 heterocycles. The van der Waals surface area contributed by atoms with Gasteiger partial charge in [-0.2, -0.15) is 0 Å². The Balaban J connectivity index is 1.70. The number of likely N-dealkylation sites (tertiary alicyclic amines) is 1. The van der Waals surface area contributed by atoms with Crippen LogP contribution in [0.25, 0.3) is 0 Å². The van der Waals surface area contributed by atoms with Gasteiger partial charge >= 0.3 is 6.03 Å². The second kappa shape index (κ2) is 8.56. The molecule has 4 N–H and O–H groups in total. The number of nitrogens with zero attached hydrogens (tertiary/aromatic N) is 1. The summed E-state index contributed by atoms with van der Waals surface area (Å²) >= 11 is 0. The van der Waals surface area contributed by atoms with E-state index in [4.69, 9.17) is 5.73 Å². The molecule has 28 heavy (non-hydrogen) atoms. The van der Waals surface area contributed by atoms with Gasteiger partial charge in [0.1, 0.15) is 6.04 Å². The number of hydrogen-bond acceptors (Lipinski definition) is 3. The van der Waals surface area contributed by atoms with Crippen LogP contribution in [-0.4, -0.2) is 35.3 Å². The number of benzene rings is 2. The van der Waals surface area contributed by atoms with Crippen LogP contribution in [-0.2, 0) is 11.2 Å². The molecule has 0 aliphatic carbocycles. The SMILES string of the molecule is CCc1ccccc1NC(=O)c1cccc(NC(=O)C2CCCN2C(N)=O)c1. The molecule has 1 aliphatic heterocycles. The Morgan fingerprint density at radius 2 is 1.89 bits per heavy atom. The molecule has 0 spiro atoms. The van der Waals surface area contributed by atoms with Gasteiger partial charge in [-0.3, -0.25) is 9.59 Å². The van der Waals surface area contributed by atoms with Gasteiger partial charge in [0.25, 0.3) is 5.91 Å². The first-order chi connectivity index (χ1) is 13.5. The van der Waals surface area contributed by atoms with Crippen LogP contribution in [0.4, 0.5) is 16.2 Å². The monoisotopic (exact) mass is 380 g/mol. The summed E-state index contributed by atoms with van der Waals surface area (Å²) in [5.41, 5.74) is 8.08. The Kier molecular flexibility index (Phi) is 5.93. The van der Waals surface area contributed by atoms with Crippen LogP contribution in [0.1, 0.15) is 35.7 Å². The molecular weight excluding hydrogens is 356 g/mol. The second-order valence-electron chi connectivity index (χ2n) is 6.72. The summed E-state index contributed by atoms with van der Waals surface area (Å²) in [4.78, 5) is 38.0. The van der Waals surface area contributed by atoms with Crippen molar-refractivity contribution in [3.8, 4) is 0 Å².